The van der Waals surface area contributed by atoms with Crippen LogP contribution in [0, 0.1) is 0 Å². The molecule has 21 heavy (non-hydrogen) atoms. The number of benzene rings is 1. The van der Waals surface area contributed by atoms with E-state index in [2.05, 4.69) is 4.98 Å². The van der Waals surface area contributed by atoms with Gasteiger partial charge in [-0.25, -0.2) is 4.98 Å². The molecule has 112 valence electrons. The van der Waals surface area contributed by atoms with Crippen LogP contribution < -0.4 is 9.47 Å². The van der Waals surface area contributed by atoms with Crippen LogP contribution >= 0.6 is 11.3 Å². The van der Waals surface area contributed by atoms with Crippen LogP contribution in [0.5, 0.6) is 11.5 Å². The van der Waals surface area contributed by atoms with E-state index in [1.807, 2.05) is 25.1 Å². The Morgan fingerprint density at radius 3 is 2.62 bits per heavy atom. The fourth-order valence-electron chi connectivity index (χ4n) is 1.81. The first-order valence-corrected chi connectivity index (χ1v) is 7.42. The number of thiazole rings is 1. The van der Waals surface area contributed by atoms with Crippen LogP contribution in [0.4, 0.5) is 0 Å². The van der Waals surface area contributed by atoms with E-state index in [4.69, 9.17) is 9.47 Å². The van der Waals surface area contributed by atoms with Crippen LogP contribution in [0.2, 0.25) is 0 Å². The Kier molecular flexibility index (Phi) is 4.80. The van der Waals surface area contributed by atoms with Crippen LogP contribution in [0.1, 0.15) is 17.4 Å². The fraction of sp³-hybridized carbons (Fsp3) is 0.333. The Morgan fingerprint density at radius 2 is 2.00 bits per heavy atom. The van der Waals surface area contributed by atoms with Crippen molar-refractivity contribution in [2.24, 2.45) is 0 Å². The highest BCUT2D eigenvalue weighted by molar-refractivity contribution is 7.13. The number of hydrogen-bond acceptors (Lipinski definition) is 5. The van der Waals surface area contributed by atoms with E-state index < -0.39 is 0 Å². The van der Waals surface area contributed by atoms with Gasteiger partial charge in [0.25, 0.3) is 5.91 Å². The van der Waals surface area contributed by atoms with Crippen molar-refractivity contribution in [2.45, 2.75) is 6.92 Å². The van der Waals surface area contributed by atoms with Crippen LogP contribution in [-0.4, -0.2) is 43.6 Å². The van der Waals surface area contributed by atoms with Crippen LogP contribution in [0.25, 0.3) is 10.6 Å². The molecular formula is C15H18N2O3S. The molecule has 0 radical (unpaired) electrons. The highest BCUT2D eigenvalue weighted by Gasteiger charge is 2.15. The largest absolute Gasteiger partial charge is 0.493 e. The number of rotatable bonds is 5. The maximum Gasteiger partial charge on any atom is 0.273 e. The Labute approximate surface area is 128 Å². The molecule has 1 amide bonds. The Hall–Kier alpha value is -2.08. The van der Waals surface area contributed by atoms with Crippen molar-refractivity contribution in [3.05, 3.63) is 29.3 Å². The van der Waals surface area contributed by atoms with Gasteiger partial charge in [-0.3, -0.25) is 4.79 Å². The summed E-state index contributed by atoms with van der Waals surface area (Å²) in [7, 11) is 4.95. The normalized spacial score (nSPS) is 10.3. The van der Waals surface area contributed by atoms with E-state index >= 15 is 0 Å². The average Bonchev–Trinajstić information content (AvgIpc) is 3.02. The number of carbonyl (C=O) groups excluding carboxylic acids is 1. The summed E-state index contributed by atoms with van der Waals surface area (Å²) < 4.78 is 10.5. The molecule has 0 unspecified atom stereocenters. The Bertz CT molecular complexity index is 640. The second kappa shape index (κ2) is 6.58. The highest BCUT2D eigenvalue weighted by Crippen LogP contribution is 2.33. The lowest BCUT2D eigenvalue weighted by atomic mass is 10.2. The lowest BCUT2D eigenvalue weighted by molar-refractivity contribution is 0.0797. The molecule has 6 heteroatoms. The third kappa shape index (κ3) is 3.16. The van der Waals surface area contributed by atoms with E-state index in [0.717, 1.165) is 10.6 Å². The zero-order valence-electron chi connectivity index (χ0n) is 12.5. The molecule has 0 atom stereocenters. The molecule has 0 N–H and O–H groups in total. The summed E-state index contributed by atoms with van der Waals surface area (Å²) in [5, 5.41) is 2.56. The molecule has 0 aliphatic carbocycles. The molecule has 0 fully saturated rings. The number of methoxy groups -OCH3 is 2. The Balaban J connectivity index is 2.31. The number of aromatic nitrogens is 1. The molecule has 5 nitrogen and oxygen atoms in total. The van der Waals surface area contributed by atoms with Gasteiger partial charge >= 0.3 is 0 Å². The summed E-state index contributed by atoms with van der Waals surface area (Å²) in [4.78, 5) is 18.1. The second-order valence-corrected chi connectivity index (χ2v) is 5.29. The van der Waals surface area contributed by atoms with Crippen LogP contribution in [-0.2, 0) is 0 Å². The van der Waals surface area contributed by atoms with Gasteiger partial charge in [0.05, 0.1) is 14.2 Å². The molecule has 2 rings (SSSR count). The first-order chi connectivity index (χ1) is 10.1. The molecule has 0 saturated carbocycles. The van der Waals surface area contributed by atoms with Gasteiger partial charge in [-0.05, 0) is 25.1 Å². The molecule has 0 saturated heterocycles. The zero-order valence-corrected chi connectivity index (χ0v) is 13.4. The summed E-state index contributed by atoms with van der Waals surface area (Å²) in [6.45, 7) is 2.58. The summed E-state index contributed by atoms with van der Waals surface area (Å²) in [5.41, 5.74) is 1.37. The average molecular weight is 306 g/mol. The first kappa shape index (κ1) is 15.3. The van der Waals surface area contributed by atoms with Gasteiger partial charge < -0.3 is 14.4 Å². The number of ether oxygens (including phenoxy) is 2. The predicted octanol–water partition coefficient (Wildman–Crippen LogP) is 2.92. The van der Waals surface area contributed by atoms with E-state index in [1.54, 1.807) is 31.5 Å². The molecule has 0 bridgehead atoms. The Morgan fingerprint density at radius 1 is 1.29 bits per heavy atom. The molecule has 0 aliphatic rings. The van der Waals surface area contributed by atoms with Gasteiger partial charge in [-0.1, -0.05) is 0 Å². The van der Waals surface area contributed by atoms with E-state index in [9.17, 15) is 4.79 Å². The van der Waals surface area contributed by atoms with Gasteiger partial charge in [-0.15, -0.1) is 11.3 Å². The molecular weight excluding hydrogens is 288 g/mol. The van der Waals surface area contributed by atoms with Crippen molar-refractivity contribution >= 4 is 17.2 Å². The molecule has 0 spiro atoms. The van der Waals surface area contributed by atoms with Crippen molar-refractivity contribution in [2.75, 3.05) is 27.8 Å². The lowest BCUT2D eigenvalue weighted by Crippen LogP contribution is -2.26. The summed E-state index contributed by atoms with van der Waals surface area (Å²) in [6.07, 6.45) is 0. The summed E-state index contributed by atoms with van der Waals surface area (Å²) in [6, 6.07) is 5.59. The van der Waals surface area contributed by atoms with Gasteiger partial charge in [0, 0.05) is 24.5 Å². The maximum atomic E-state index is 12.1. The SMILES string of the molecule is CCN(C)C(=O)c1csc(-c2ccc(OC)c(OC)c2)n1. The summed E-state index contributed by atoms with van der Waals surface area (Å²) in [5.74, 6) is 1.24. The topological polar surface area (TPSA) is 51.7 Å². The van der Waals surface area contributed by atoms with Crippen molar-refractivity contribution in [1.82, 2.24) is 9.88 Å². The monoisotopic (exact) mass is 306 g/mol. The maximum absolute atomic E-state index is 12.1. The predicted molar refractivity (Wildman–Crippen MR) is 83.3 cm³/mol. The highest BCUT2D eigenvalue weighted by atomic mass is 32.1. The van der Waals surface area contributed by atoms with Crippen LogP contribution in [0.3, 0.4) is 0 Å². The van der Waals surface area contributed by atoms with E-state index in [-0.39, 0.29) is 5.91 Å². The second-order valence-electron chi connectivity index (χ2n) is 4.43. The minimum atomic E-state index is -0.0690. The van der Waals surface area contributed by atoms with E-state index in [1.165, 1.54) is 11.3 Å². The number of carbonyl (C=O) groups is 1. The van der Waals surface area contributed by atoms with Crippen molar-refractivity contribution in [3.8, 4) is 22.1 Å². The molecule has 1 aromatic heterocycles. The van der Waals surface area contributed by atoms with Crippen LogP contribution in [0.15, 0.2) is 23.6 Å². The standard InChI is InChI=1S/C15H18N2O3S/c1-5-17(2)15(18)11-9-21-14(16-11)10-6-7-12(19-3)13(8-10)20-4/h6-9H,5H2,1-4H3. The smallest absolute Gasteiger partial charge is 0.273 e. The molecule has 1 heterocycles. The van der Waals surface area contributed by atoms with Gasteiger partial charge in [-0.2, -0.15) is 0 Å². The van der Waals surface area contributed by atoms with Crippen molar-refractivity contribution in [3.63, 3.8) is 0 Å². The number of hydrogen-bond donors (Lipinski definition) is 0. The van der Waals surface area contributed by atoms with Gasteiger partial charge in [0.2, 0.25) is 0 Å². The fourth-order valence-corrected chi connectivity index (χ4v) is 2.60. The van der Waals surface area contributed by atoms with E-state index in [0.29, 0.717) is 23.7 Å². The first-order valence-electron chi connectivity index (χ1n) is 6.54. The molecule has 2 aromatic rings. The minimum Gasteiger partial charge on any atom is -0.493 e. The minimum absolute atomic E-state index is 0.0690. The summed E-state index contributed by atoms with van der Waals surface area (Å²) >= 11 is 1.44. The lowest BCUT2D eigenvalue weighted by Gasteiger charge is -2.12. The van der Waals surface area contributed by atoms with Gasteiger partial charge in [0.15, 0.2) is 11.5 Å². The third-order valence-corrected chi connectivity index (χ3v) is 4.07. The quantitative estimate of drug-likeness (QED) is 0.852. The van der Waals surface area contributed by atoms with Crippen molar-refractivity contribution < 1.29 is 14.3 Å². The third-order valence-electron chi connectivity index (χ3n) is 3.17. The number of nitrogens with zero attached hydrogens (tertiary/aromatic N) is 2. The van der Waals surface area contributed by atoms with Gasteiger partial charge in [0.1, 0.15) is 10.7 Å². The number of amides is 1. The van der Waals surface area contributed by atoms with Crippen molar-refractivity contribution in [1.29, 1.82) is 0 Å². The molecule has 1 aromatic carbocycles. The zero-order chi connectivity index (χ0) is 15.4. The molecule has 0 aliphatic heterocycles.